The molecular weight excluding hydrogens is 426 g/mol. The van der Waals surface area contributed by atoms with E-state index in [9.17, 15) is 9.59 Å². The van der Waals surface area contributed by atoms with Crippen molar-refractivity contribution in [2.75, 3.05) is 5.32 Å². The fourth-order valence-corrected chi connectivity index (χ4v) is 2.84. The number of aromatic nitrogens is 1. The van der Waals surface area contributed by atoms with Crippen molar-refractivity contribution in [2.24, 2.45) is 0 Å². The number of nitrogens with one attached hydrogen (secondary N) is 1. The molecule has 0 aliphatic carbocycles. The quantitative estimate of drug-likeness (QED) is 0.591. The summed E-state index contributed by atoms with van der Waals surface area (Å²) in [6, 6.07) is 11.5. The van der Waals surface area contributed by atoms with E-state index in [-0.39, 0.29) is 22.5 Å². The van der Waals surface area contributed by atoms with Gasteiger partial charge in [-0.25, -0.2) is 4.79 Å². The number of fused-ring (bicyclic) bond motifs is 1. The average Bonchev–Trinajstić information content (AvgIpc) is 3.03. The zero-order chi connectivity index (χ0) is 20.5. The molecule has 0 aliphatic heterocycles. The van der Waals surface area contributed by atoms with E-state index >= 15 is 0 Å². The van der Waals surface area contributed by atoms with Crippen LogP contribution in [0.25, 0.3) is 11.0 Å². The summed E-state index contributed by atoms with van der Waals surface area (Å²) in [4.78, 5) is 25.3. The number of anilines is 1. The number of esters is 1. The molecule has 1 aromatic heterocycles. The molecule has 28 heavy (non-hydrogen) atoms. The second-order valence-corrected chi connectivity index (χ2v) is 7.92. The Morgan fingerprint density at radius 1 is 1.21 bits per heavy atom. The lowest BCUT2D eigenvalue weighted by atomic mass is 10.1. The van der Waals surface area contributed by atoms with Gasteiger partial charge in [-0.15, -0.1) is 0 Å². The van der Waals surface area contributed by atoms with Crippen LogP contribution in [0.4, 0.5) is 5.69 Å². The molecule has 0 saturated heterocycles. The fraction of sp³-hybridized carbons (Fsp3) is 0.200. The largest absolute Gasteiger partial charge is 0.456 e. The van der Waals surface area contributed by atoms with Crippen LogP contribution >= 0.6 is 15.9 Å². The molecule has 7 nitrogen and oxygen atoms in total. The van der Waals surface area contributed by atoms with Crippen LogP contribution in [0.5, 0.6) is 0 Å². The molecule has 0 saturated carbocycles. The number of ether oxygens (including phenoxy) is 1. The number of nitriles is 1. The van der Waals surface area contributed by atoms with Crippen LogP contribution < -0.4 is 5.32 Å². The Bertz CT molecular complexity index is 1120. The van der Waals surface area contributed by atoms with E-state index in [1.165, 1.54) is 18.2 Å². The van der Waals surface area contributed by atoms with Crippen molar-refractivity contribution in [3.63, 3.8) is 0 Å². The van der Waals surface area contributed by atoms with Gasteiger partial charge in [-0.05, 0) is 57.2 Å². The van der Waals surface area contributed by atoms with Crippen molar-refractivity contribution in [2.45, 2.75) is 26.4 Å². The molecule has 0 fully saturated rings. The maximum Gasteiger partial charge on any atom is 0.340 e. The Kier molecular flexibility index (Phi) is 5.21. The lowest BCUT2D eigenvalue weighted by molar-refractivity contribution is 0.00707. The van der Waals surface area contributed by atoms with Crippen molar-refractivity contribution in [3.8, 4) is 6.07 Å². The third-order valence-electron chi connectivity index (χ3n) is 3.66. The summed E-state index contributed by atoms with van der Waals surface area (Å²) in [7, 11) is 0. The lowest BCUT2D eigenvalue weighted by Crippen LogP contribution is -2.25. The molecule has 3 aromatic rings. The Labute approximate surface area is 169 Å². The summed E-state index contributed by atoms with van der Waals surface area (Å²) < 4.78 is 11.3. The molecule has 0 bridgehead atoms. The monoisotopic (exact) mass is 441 g/mol. The van der Waals surface area contributed by atoms with E-state index < -0.39 is 17.5 Å². The van der Waals surface area contributed by atoms with Crippen LogP contribution in [0.15, 0.2) is 45.4 Å². The number of halogens is 1. The van der Waals surface area contributed by atoms with E-state index in [2.05, 4.69) is 26.4 Å². The van der Waals surface area contributed by atoms with Gasteiger partial charge in [0.15, 0.2) is 11.3 Å². The van der Waals surface area contributed by atoms with Gasteiger partial charge in [0.1, 0.15) is 5.60 Å². The lowest BCUT2D eigenvalue weighted by Gasteiger charge is -2.20. The zero-order valence-electron chi connectivity index (χ0n) is 15.4. The first-order valence-electron chi connectivity index (χ1n) is 8.32. The maximum absolute atomic E-state index is 12.7. The molecule has 0 atom stereocenters. The van der Waals surface area contributed by atoms with E-state index in [0.29, 0.717) is 11.0 Å². The van der Waals surface area contributed by atoms with Crippen LogP contribution in [0.2, 0.25) is 0 Å². The Morgan fingerprint density at radius 2 is 1.96 bits per heavy atom. The van der Waals surface area contributed by atoms with Crippen molar-refractivity contribution in [1.29, 1.82) is 5.26 Å². The Balaban J connectivity index is 1.97. The number of nitrogens with zero attached hydrogens (tertiary/aromatic N) is 2. The normalized spacial score (nSPS) is 11.1. The Hall–Kier alpha value is -3.18. The van der Waals surface area contributed by atoms with Gasteiger partial charge in [0.2, 0.25) is 0 Å². The molecule has 1 amide bonds. The highest BCUT2D eigenvalue weighted by Gasteiger charge is 2.23. The average molecular weight is 442 g/mol. The van der Waals surface area contributed by atoms with Crippen molar-refractivity contribution in [1.82, 2.24) is 5.16 Å². The summed E-state index contributed by atoms with van der Waals surface area (Å²) in [6.07, 6.45) is 0. The number of benzene rings is 2. The van der Waals surface area contributed by atoms with Crippen LogP contribution in [0, 0.1) is 11.3 Å². The standard InChI is InChI=1S/C20H16BrN3O4/c1-20(2,3)27-19(26)13-8-11(10-22)4-6-15(13)23-18(25)17-14-9-12(21)5-7-16(14)28-24-17/h4-9H,1-3H3,(H,23,25). The van der Waals surface area contributed by atoms with E-state index in [1.54, 1.807) is 39.0 Å². The number of rotatable bonds is 3. The minimum atomic E-state index is -0.727. The number of hydrogen-bond donors (Lipinski definition) is 1. The predicted octanol–water partition coefficient (Wildman–Crippen LogP) is 4.67. The van der Waals surface area contributed by atoms with Gasteiger partial charge in [-0.2, -0.15) is 5.26 Å². The van der Waals surface area contributed by atoms with Gasteiger partial charge >= 0.3 is 5.97 Å². The highest BCUT2D eigenvalue weighted by atomic mass is 79.9. The highest BCUT2D eigenvalue weighted by molar-refractivity contribution is 9.10. The molecule has 1 N–H and O–H groups in total. The number of carbonyl (C=O) groups excluding carboxylic acids is 2. The smallest absolute Gasteiger partial charge is 0.340 e. The third-order valence-corrected chi connectivity index (χ3v) is 4.16. The zero-order valence-corrected chi connectivity index (χ0v) is 17.0. The molecule has 0 aliphatic rings. The first-order valence-corrected chi connectivity index (χ1v) is 9.11. The molecular formula is C20H16BrN3O4. The second-order valence-electron chi connectivity index (χ2n) is 7.00. The van der Waals surface area contributed by atoms with Gasteiger partial charge < -0.3 is 14.6 Å². The predicted molar refractivity (Wildman–Crippen MR) is 106 cm³/mol. The molecule has 2 aromatic carbocycles. The second kappa shape index (κ2) is 7.44. The summed E-state index contributed by atoms with van der Waals surface area (Å²) >= 11 is 3.35. The topological polar surface area (TPSA) is 105 Å². The van der Waals surface area contributed by atoms with Crippen LogP contribution in [0.1, 0.15) is 47.2 Å². The van der Waals surface area contributed by atoms with Gasteiger partial charge in [-0.1, -0.05) is 21.1 Å². The van der Waals surface area contributed by atoms with Gasteiger partial charge in [0.25, 0.3) is 5.91 Å². The van der Waals surface area contributed by atoms with E-state index in [1.807, 2.05) is 6.07 Å². The van der Waals surface area contributed by atoms with Crippen LogP contribution in [-0.4, -0.2) is 22.6 Å². The van der Waals surface area contributed by atoms with Crippen LogP contribution in [0.3, 0.4) is 0 Å². The summed E-state index contributed by atoms with van der Waals surface area (Å²) in [6.45, 7) is 5.20. The van der Waals surface area contributed by atoms with Crippen LogP contribution in [-0.2, 0) is 4.74 Å². The third kappa shape index (κ3) is 4.21. The van der Waals surface area contributed by atoms with Gasteiger partial charge in [-0.3, -0.25) is 4.79 Å². The summed E-state index contributed by atoms with van der Waals surface area (Å²) in [5.41, 5.74) is 0.377. The van der Waals surface area contributed by atoms with Gasteiger partial charge in [0.05, 0.1) is 28.3 Å². The minimum Gasteiger partial charge on any atom is -0.456 e. The van der Waals surface area contributed by atoms with Crippen molar-refractivity contribution < 1.29 is 18.8 Å². The molecule has 0 radical (unpaired) electrons. The Morgan fingerprint density at radius 3 is 2.64 bits per heavy atom. The summed E-state index contributed by atoms with van der Waals surface area (Å²) in [5, 5.41) is 16.1. The van der Waals surface area contributed by atoms with Gasteiger partial charge in [0, 0.05) is 4.47 Å². The fourth-order valence-electron chi connectivity index (χ4n) is 2.48. The number of carbonyl (C=O) groups is 2. The SMILES string of the molecule is CC(C)(C)OC(=O)c1cc(C#N)ccc1NC(=O)c1noc2ccc(Br)cc12. The van der Waals surface area contributed by atoms with E-state index in [4.69, 9.17) is 14.5 Å². The highest BCUT2D eigenvalue weighted by Crippen LogP contribution is 2.25. The molecule has 3 rings (SSSR count). The summed E-state index contributed by atoms with van der Waals surface area (Å²) in [5.74, 6) is -1.20. The van der Waals surface area contributed by atoms with E-state index in [0.717, 1.165) is 4.47 Å². The maximum atomic E-state index is 12.7. The molecule has 1 heterocycles. The number of amides is 1. The molecule has 142 valence electrons. The first kappa shape index (κ1) is 19.6. The number of hydrogen-bond acceptors (Lipinski definition) is 6. The minimum absolute atomic E-state index is 0.0794. The van der Waals surface area contributed by atoms with Crippen molar-refractivity contribution in [3.05, 3.63) is 57.7 Å². The first-order chi connectivity index (χ1) is 13.2. The molecule has 0 unspecified atom stereocenters. The molecule has 0 spiro atoms. The molecule has 8 heteroatoms. The van der Waals surface area contributed by atoms with Crippen molar-refractivity contribution >= 4 is 44.5 Å².